The largest absolute Gasteiger partial charge is 0.536 e. The minimum Gasteiger partial charge on any atom is -0.497 e. The van der Waals surface area contributed by atoms with Gasteiger partial charge in [-0.3, -0.25) is 0 Å². The van der Waals surface area contributed by atoms with E-state index in [0.717, 1.165) is 21.9 Å². The monoisotopic (exact) mass is 456 g/mol. The molecule has 2 rings (SSSR count). The van der Waals surface area contributed by atoms with Gasteiger partial charge in [0.25, 0.3) is 0 Å². The summed E-state index contributed by atoms with van der Waals surface area (Å²) in [6, 6.07) is 15.0. The van der Waals surface area contributed by atoms with Crippen molar-refractivity contribution in [2.45, 2.75) is 0 Å². The molecule has 2 aromatic carbocycles. The highest BCUT2D eigenvalue weighted by molar-refractivity contribution is 6.75. The van der Waals surface area contributed by atoms with Gasteiger partial charge in [0.15, 0.2) is 0 Å². The zero-order chi connectivity index (χ0) is 22.6. The van der Waals surface area contributed by atoms with E-state index in [1.807, 2.05) is 48.5 Å². The second-order valence-corrected chi connectivity index (χ2v) is 11.6. The first-order chi connectivity index (χ1) is 14.4. The molecule has 0 unspecified atom stereocenters. The van der Waals surface area contributed by atoms with Gasteiger partial charge in [0.2, 0.25) is 0 Å². The summed E-state index contributed by atoms with van der Waals surface area (Å²) in [5, 5.41) is 1.83. The SMILES string of the molecule is COc1ccc([Si](OC)(OC)OC)cc1.COc1ccc([Si](OC)(OC)OC)cc1. The molecule has 0 aliphatic rings. The Labute approximate surface area is 181 Å². The molecule has 0 saturated carbocycles. The van der Waals surface area contributed by atoms with Gasteiger partial charge < -0.3 is 36.0 Å². The Bertz CT molecular complexity index is 637. The van der Waals surface area contributed by atoms with E-state index in [-0.39, 0.29) is 0 Å². The van der Waals surface area contributed by atoms with Gasteiger partial charge in [-0.2, -0.15) is 0 Å². The van der Waals surface area contributed by atoms with Gasteiger partial charge in [-0.25, -0.2) is 0 Å². The molecular formula is C20H32O8Si2. The molecule has 0 radical (unpaired) electrons. The third-order valence-electron chi connectivity index (χ3n) is 4.50. The molecule has 0 fully saturated rings. The van der Waals surface area contributed by atoms with E-state index >= 15 is 0 Å². The molecule has 10 heteroatoms. The molecule has 0 bridgehead atoms. The lowest BCUT2D eigenvalue weighted by atomic mass is 10.3. The predicted molar refractivity (Wildman–Crippen MR) is 119 cm³/mol. The third kappa shape index (κ3) is 6.12. The van der Waals surface area contributed by atoms with Gasteiger partial charge in [0.1, 0.15) is 11.5 Å². The van der Waals surface area contributed by atoms with Crippen LogP contribution >= 0.6 is 0 Å². The highest BCUT2D eigenvalue weighted by Gasteiger charge is 2.41. The van der Waals surface area contributed by atoms with E-state index in [1.165, 1.54) is 0 Å². The van der Waals surface area contributed by atoms with Crippen molar-refractivity contribution in [3.8, 4) is 11.5 Å². The second kappa shape index (κ2) is 12.8. The fourth-order valence-corrected chi connectivity index (χ4v) is 6.36. The Hall–Kier alpha value is -1.77. The summed E-state index contributed by atoms with van der Waals surface area (Å²) < 4.78 is 42.2. The fourth-order valence-electron chi connectivity index (χ4n) is 2.80. The van der Waals surface area contributed by atoms with Crippen LogP contribution < -0.4 is 19.8 Å². The Balaban J connectivity index is 0.000000300. The Morgan fingerprint density at radius 2 is 0.633 bits per heavy atom. The van der Waals surface area contributed by atoms with E-state index < -0.39 is 17.6 Å². The maximum atomic E-state index is 5.35. The molecule has 2 aromatic rings. The first-order valence-electron chi connectivity index (χ1n) is 9.04. The maximum Gasteiger partial charge on any atom is 0.536 e. The van der Waals surface area contributed by atoms with Crippen LogP contribution in [0.4, 0.5) is 0 Å². The third-order valence-corrected chi connectivity index (χ3v) is 9.81. The molecule has 168 valence electrons. The number of methoxy groups -OCH3 is 2. The topological polar surface area (TPSA) is 73.8 Å². The van der Waals surface area contributed by atoms with E-state index in [9.17, 15) is 0 Å². The number of hydrogen-bond donors (Lipinski definition) is 0. The molecule has 0 N–H and O–H groups in total. The molecule has 0 amide bonds. The minimum absolute atomic E-state index is 0.796. The quantitative estimate of drug-likeness (QED) is 0.499. The van der Waals surface area contributed by atoms with Crippen LogP contribution in [0.3, 0.4) is 0 Å². The molecule has 30 heavy (non-hydrogen) atoms. The van der Waals surface area contributed by atoms with Crippen molar-refractivity contribution in [3.05, 3.63) is 48.5 Å². The summed E-state index contributed by atoms with van der Waals surface area (Å²) in [6.45, 7) is 0. The van der Waals surface area contributed by atoms with Crippen molar-refractivity contribution < 1.29 is 36.0 Å². The summed E-state index contributed by atoms with van der Waals surface area (Å²) in [7, 11) is 7.41. The van der Waals surface area contributed by atoms with Crippen molar-refractivity contribution in [3.63, 3.8) is 0 Å². The molecule has 0 heterocycles. The Morgan fingerprint density at radius 1 is 0.400 bits per heavy atom. The summed E-state index contributed by atoms with van der Waals surface area (Å²) in [4.78, 5) is 0. The first-order valence-corrected chi connectivity index (χ1v) is 12.5. The van der Waals surface area contributed by atoms with Crippen LogP contribution in [-0.4, -0.2) is 74.5 Å². The van der Waals surface area contributed by atoms with Crippen LogP contribution in [-0.2, 0) is 26.6 Å². The van der Waals surface area contributed by atoms with Crippen LogP contribution in [0.5, 0.6) is 11.5 Å². The van der Waals surface area contributed by atoms with Crippen LogP contribution in [0.2, 0.25) is 0 Å². The van der Waals surface area contributed by atoms with E-state index in [2.05, 4.69) is 0 Å². The van der Waals surface area contributed by atoms with Gasteiger partial charge in [0, 0.05) is 53.0 Å². The number of ether oxygens (including phenoxy) is 2. The molecule has 0 atom stereocenters. The fraction of sp³-hybridized carbons (Fsp3) is 0.400. The zero-order valence-electron chi connectivity index (χ0n) is 18.9. The van der Waals surface area contributed by atoms with Crippen LogP contribution in [0, 0.1) is 0 Å². The van der Waals surface area contributed by atoms with Crippen molar-refractivity contribution >= 4 is 28.0 Å². The van der Waals surface area contributed by atoms with E-state index in [1.54, 1.807) is 56.9 Å². The van der Waals surface area contributed by atoms with Crippen molar-refractivity contribution in [1.82, 2.24) is 0 Å². The van der Waals surface area contributed by atoms with Gasteiger partial charge in [0.05, 0.1) is 14.2 Å². The van der Waals surface area contributed by atoms with Gasteiger partial charge in [-0.15, -0.1) is 0 Å². The normalized spacial score (nSPS) is 11.5. The highest BCUT2D eigenvalue weighted by Crippen LogP contribution is 2.12. The summed E-state index contributed by atoms with van der Waals surface area (Å²) in [5.74, 6) is 1.59. The zero-order valence-corrected chi connectivity index (χ0v) is 20.9. The molecule has 8 nitrogen and oxygen atoms in total. The first kappa shape index (κ1) is 26.3. The van der Waals surface area contributed by atoms with Crippen molar-refractivity contribution in [2.24, 2.45) is 0 Å². The molecule has 0 aliphatic carbocycles. The maximum absolute atomic E-state index is 5.35. The summed E-state index contributed by atoms with van der Waals surface area (Å²) in [6.07, 6.45) is 0. The van der Waals surface area contributed by atoms with Gasteiger partial charge >= 0.3 is 17.6 Å². The van der Waals surface area contributed by atoms with Crippen LogP contribution in [0.15, 0.2) is 48.5 Å². The lowest BCUT2D eigenvalue weighted by Gasteiger charge is -2.24. The summed E-state index contributed by atoms with van der Waals surface area (Å²) in [5.41, 5.74) is 0. The average Bonchev–Trinajstić information content (AvgIpc) is 2.83. The predicted octanol–water partition coefficient (Wildman–Crippen LogP) is 1.56. The van der Waals surface area contributed by atoms with Crippen molar-refractivity contribution in [2.75, 3.05) is 56.9 Å². The van der Waals surface area contributed by atoms with Crippen LogP contribution in [0.1, 0.15) is 0 Å². The van der Waals surface area contributed by atoms with E-state index in [0.29, 0.717) is 0 Å². The van der Waals surface area contributed by atoms with E-state index in [4.69, 9.17) is 36.0 Å². The molecule has 0 aliphatic heterocycles. The molecule has 0 spiro atoms. The number of rotatable bonds is 10. The van der Waals surface area contributed by atoms with Gasteiger partial charge in [-0.05, 0) is 24.3 Å². The lowest BCUT2D eigenvalue weighted by molar-refractivity contribution is 0.140. The Kier molecular flexibility index (Phi) is 11.2. The van der Waals surface area contributed by atoms with Crippen LogP contribution in [0.25, 0.3) is 0 Å². The number of benzene rings is 2. The lowest BCUT2D eigenvalue weighted by Crippen LogP contribution is -2.54. The smallest absolute Gasteiger partial charge is 0.497 e. The van der Waals surface area contributed by atoms with Gasteiger partial charge in [-0.1, -0.05) is 24.3 Å². The van der Waals surface area contributed by atoms with Crippen molar-refractivity contribution in [1.29, 1.82) is 0 Å². The standard InChI is InChI=1S/2C10H16O4Si/c2*1-11-9-5-7-10(8-6-9)15(12-2,13-3)14-4/h2*5-8H,1-4H3. The molecule has 0 saturated heterocycles. The number of hydrogen-bond acceptors (Lipinski definition) is 8. The summed E-state index contributed by atoms with van der Waals surface area (Å²) >= 11 is 0. The highest BCUT2D eigenvalue weighted by atomic mass is 28.4. The minimum atomic E-state index is -2.68. The molecule has 0 aromatic heterocycles. The molecular weight excluding hydrogens is 424 g/mol. The second-order valence-electron chi connectivity index (χ2n) is 5.79. The Morgan fingerprint density at radius 3 is 0.800 bits per heavy atom. The average molecular weight is 457 g/mol.